The van der Waals surface area contributed by atoms with Crippen LogP contribution in [0.1, 0.15) is 19.3 Å². The number of hydrogen-bond acceptors (Lipinski definition) is 5. The quantitative estimate of drug-likeness (QED) is 0.667. The third kappa shape index (κ3) is 5.49. The Bertz CT molecular complexity index is 959. The summed E-state index contributed by atoms with van der Waals surface area (Å²) in [6.07, 6.45) is 2.72. The molecule has 3 rings (SSSR count). The van der Waals surface area contributed by atoms with Crippen LogP contribution in [0.4, 0.5) is 10.1 Å². The molecule has 2 aromatic carbocycles. The van der Waals surface area contributed by atoms with Crippen LogP contribution >= 0.6 is 11.8 Å². The second-order valence-corrected chi connectivity index (χ2v) is 9.60. The van der Waals surface area contributed by atoms with Crippen molar-refractivity contribution in [1.29, 1.82) is 0 Å². The fourth-order valence-electron chi connectivity index (χ4n) is 3.07. The van der Waals surface area contributed by atoms with Crippen LogP contribution in [0.2, 0.25) is 0 Å². The normalized spacial score (nSPS) is 15.1. The molecule has 1 aliphatic rings. The average Bonchev–Trinajstić information content (AvgIpc) is 2.74. The van der Waals surface area contributed by atoms with Gasteiger partial charge in [-0.1, -0.05) is 6.42 Å². The van der Waals surface area contributed by atoms with Crippen LogP contribution in [0.3, 0.4) is 0 Å². The van der Waals surface area contributed by atoms with E-state index in [2.05, 4.69) is 5.32 Å². The van der Waals surface area contributed by atoms with Crippen molar-refractivity contribution in [3.63, 3.8) is 0 Å². The monoisotopic (exact) mass is 438 g/mol. The zero-order valence-electron chi connectivity index (χ0n) is 16.1. The van der Waals surface area contributed by atoms with Crippen LogP contribution in [0, 0.1) is 5.82 Å². The summed E-state index contributed by atoms with van der Waals surface area (Å²) in [6, 6.07) is 10.3. The van der Waals surface area contributed by atoms with E-state index in [0.717, 1.165) is 24.2 Å². The third-order valence-electron chi connectivity index (χ3n) is 4.58. The van der Waals surface area contributed by atoms with Gasteiger partial charge in [0, 0.05) is 18.0 Å². The fourth-order valence-corrected chi connectivity index (χ4v) is 5.31. The molecule has 0 bridgehead atoms. The predicted octanol–water partition coefficient (Wildman–Crippen LogP) is 3.74. The first-order chi connectivity index (χ1) is 13.9. The van der Waals surface area contributed by atoms with E-state index in [1.54, 1.807) is 18.2 Å². The molecule has 1 saturated heterocycles. The number of anilines is 1. The highest BCUT2D eigenvalue weighted by molar-refractivity contribution is 8.00. The second kappa shape index (κ2) is 9.60. The Kier molecular flexibility index (Phi) is 7.15. The fraction of sp³-hybridized carbons (Fsp3) is 0.350. The molecule has 1 aliphatic heterocycles. The summed E-state index contributed by atoms with van der Waals surface area (Å²) in [4.78, 5) is 13.2. The molecule has 1 N–H and O–H groups in total. The summed E-state index contributed by atoms with van der Waals surface area (Å²) in [5.74, 6) is -0.180. The number of rotatable bonds is 7. The number of thioether (sulfide) groups is 1. The van der Waals surface area contributed by atoms with Crippen LogP contribution < -0.4 is 10.1 Å². The van der Waals surface area contributed by atoms with Gasteiger partial charge in [0.15, 0.2) is 0 Å². The number of nitrogens with zero attached hydrogens (tertiary/aromatic N) is 1. The topological polar surface area (TPSA) is 75.7 Å². The van der Waals surface area contributed by atoms with Gasteiger partial charge < -0.3 is 10.1 Å². The van der Waals surface area contributed by atoms with E-state index in [0.29, 0.717) is 24.5 Å². The maximum atomic E-state index is 13.0. The number of amides is 1. The Morgan fingerprint density at radius 2 is 1.83 bits per heavy atom. The van der Waals surface area contributed by atoms with Gasteiger partial charge >= 0.3 is 0 Å². The van der Waals surface area contributed by atoms with Crippen molar-refractivity contribution in [1.82, 2.24) is 4.31 Å². The minimum Gasteiger partial charge on any atom is -0.495 e. The lowest BCUT2D eigenvalue weighted by Gasteiger charge is -2.26. The first-order valence-corrected chi connectivity index (χ1v) is 11.7. The number of sulfonamides is 1. The summed E-state index contributed by atoms with van der Waals surface area (Å²) in [7, 11) is -2.16. The predicted molar refractivity (Wildman–Crippen MR) is 111 cm³/mol. The van der Waals surface area contributed by atoms with Crippen molar-refractivity contribution >= 4 is 33.4 Å². The van der Waals surface area contributed by atoms with Crippen molar-refractivity contribution in [3.8, 4) is 5.75 Å². The molecule has 2 aromatic rings. The number of nitrogens with one attached hydrogen (secondary N) is 1. The molecular formula is C20H23FN2O4S2. The van der Waals surface area contributed by atoms with Gasteiger partial charge in [-0.25, -0.2) is 12.8 Å². The summed E-state index contributed by atoms with van der Waals surface area (Å²) in [5, 5.41) is 2.72. The summed E-state index contributed by atoms with van der Waals surface area (Å²) in [5.41, 5.74) is 0.301. The lowest BCUT2D eigenvalue weighted by Crippen LogP contribution is -2.35. The van der Waals surface area contributed by atoms with Crippen molar-refractivity contribution in [3.05, 3.63) is 48.3 Å². The zero-order chi connectivity index (χ0) is 20.9. The average molecular weight is 439 g/mol. The van der Waals surface area contributed by atoms with Gasteiger partial charge in [-0.05, 0) is 55.3 Å². The maximum absolute atomic E-state index is 13.0. The summed E-state index contributed by atoms with van der Waals surface area (Å²) >= 11 is 1.26. The standard InChI is InChI=1S/C20H23FN2O4S2/c1-27-19-10-9-17(29(25,26)23-11-3-2-4-12-23)13-18(19)22-20(24)14-28-16-7-5-15(21)6-8-16/h5-10,13H,2-4,11-12,14H2,1H3,(H,22,24). The van der Waals surface area contributed by atoms with Gasteiger partial charge in [-0.3, -0.25) is 4.79 Å². The number of carbonyl (C=O) groups excluding carboxylic acids is 1. The van der Waals surface area contributed by atoms with E-state index in [4.69, 9.17) is 4.74 Å². The van der Waals surface area contributed by atoms with E-state index >= 15 is 0 Å². The molecule has 0 saturated carbocycles. The molecular weight excluding hydrogens is 415 g/mol. The van der Waals surface area contributed by atoms with Crippen molar-refractivity contribution in [2.45, 2.75) is 29.1 Å². The Labute approximate surface area is 174 Å². The van der Waals surface area contributed by atoms with Crippen molar-refractivity contribution in [2.75, 3.05) is 31.3 Å². The van der Waals surface area contributed by atoms with E-state index in [1.807, 2.05) is 0 Å². The molecule has 0 unspecified atom stereocenters. The largest absolute Gasteiger partial charge is 0.495 e. The highest BCUT2D eigenvalue weighted by Crippen LogP contribution is 2.30. The Hall–Kier alpha value is -2.10. The zero-order valence-corrected chi connectivity index (χ0v) is 17.7. The number of halogens is 1. The summed E-state index contributed by atoms with van der Waals surface area (Å²) in [6.45, 7) is 1.01. The highest BCUT2D eigenvalue weighted by Gasteiger charge is 2.27. The first-order valence-electron chi connectivity index (χ1n) is 9.26. The maximum Gasteiger partial charge on any atom is 0.243 e. The molecule has 9 heteroatoms. The van der Waals surface area contributed by atoms with Crippen LogP contribution in [0.15, 0.2) is 52.3 Å². The van der Waals surface area contributed by atoms with Crippen molar-refractivity contribution in [2.24, 2.45) is 0 Å². The molecule has 0 aliphatic carbocycles. The van der Waals surface area contributed by atoms with E-state index < -0.39 is 10.0 Å². The molecule has 0 radical (unpaired) electrons. The number of methoxy groups -OCH3 is 1. The van der Waals surface area contributed by atoms with Gasteiger partial charge in [0.2, 0.25) is 15.9 Å². The molecule has 0 aromatic heterocycles. The SMILES string of the molecule is COc1ccc(S(=O)(=O)N2CCCCC2)cc1NC(=O)CSc1ccc(F)cc1. The van der Waals surface area contributed by atoms with E-state index in [1.165, 1.54) is 47.4 Å². The molecule has 29 heavy (non-hydrogen) atoms. The Morgan fingerprint density at radius 1 is 1.14 bits per heavy atom. The Balaban J connectivity index is 1.72. The molecule has 0 spiro atoms. The van der Waals surface area contributed by atoms with Gasteiger partial charge in [-0.15, -0.1) is 11.8 Å². The highest BCUT2D eigenvalue weighted by atomic mass is 32.2. The third-order valence-corrected chi connectivity index (χ3v) is 7.49. The lowest BCUT2D eigenvalue weighted by atomic mass is 10.2. The van der Waals surface area contributed by atoms with Gasteiger partial charge in [0.25, 0.3) is 0 Å². The minimum atomic E-state index is -3.62. The van der Waals surface area contributed by atoms with Gasteiger partial charge in [-0.2, -0.15) is 4.31 Å². The number of ether oxygens (including phenoxy) is 1. The van der Waals surface area contributed by atoms with E-state index in [9.17, 15) is 17.6 Å². The first kappa shape index (κ1) is 21.6. The lowest BCUT2D eigenvalue weighted by molar-refractivity contribution is -0.113. The van der Waals surface area contributed by atoms with Crippen LogP contribution in [-0.2, 0) is 14.8 Å². The molecule has 0 atom stereocenters. The van der Waals surface area contributed by atoms with Gasteiger partial charge in [0.1, 0.15) is 11.6 Å². The van der Waals surface area contributed by atoms with Crippen LogP contribution in [-0.4, -0.2) is 44.6 Å². The van der Waals surface area contributed by atoms with Crippen molar-refractivity contribution < 1.29 is 22.3 Å². The van der Waals surface area contributed by atoms with Crippen LogP contribution in [0.25, 0.3) is 0 Å². The number of carbonyl (C=O) groups is 1. The molecule has 1 fully saturated rings. The second-order valence-electron chi connectivity index (χ2n) is 6.62. The molecule has 156 valence electrons. The smallest absolute Gasteiger partial charge is 0.243 e. The van der Waals surface area contributed by atoms with Crippen LogP contribution in [0.5, 0.6) is 5.75 Å². The van der Waals surface area contributed by atoms with Gasteiger partial charge in [0.05, 0.1) is 23.4 Å². The van der Waals surface area contributed by atoms with E-state index in [-0.39, 0.29) is 22.4 Å². The molecule has 1 heterocycles. The number of benzene rings is 2. The number of hydrogen-bond donors (Lipinski definition) is 1. The Morgan fingerprint density at radius 3 is 2.48 bits per heavy atom. The summed E-state index contributed by atoms with van der Waals surface area (Å²) < 4.78 is 45.5. The molecule has 6 nitrogen and oxygen atoms in total. The number of piperidine rings is 1. The minimum absolute atomic E-state index is 0.0951. The molecule has 1 amide bonds.